The zero-order valence-electron chi connectivity index (χ0n) is 5.65. The van der Waals surface area contributed by atoms with Crippen LogP contribution in [0.1, 0.15) is 26.7 Å². The molecule has 0 amide bonds. The lowest BCUT2D eigenvalue weighted by Crippen LogP contribution is -2.28. The van der Waals surface area contributed by atoms with Crippen molar-refractivity contribution >= 4 is 0 Å². The maximum Gasteiger partial charge on any atom is 0.0933 e. The van der Waals surface area contributed by atoms with Crippen LogP contribution in [0.5, 0.6) is 0 Å². The number of aliphatic hydroxyl groups excluding tert-OH is 1. The molecule has 8 heavy (non-hydrogen) atoms. The van der Waals surface area contributed by atoms with Crippen LogP contribution in [0.3, 0.4) is 0 Å². The standard InChI is InChI=1S/C6H15NO/c1-3-6(4-2)7-5-8/h6-8H,3-5H2,1-2H3. The molecule has 0 radical (unpaired) electrons. The van der Waals surface area contributed by atoms with Gasteiger partial charge in [0.2, 0.25) is 0 Å². The molecule has 0 aliphatic carbocycles. The lowest BCUT2D eigenvalue weighted by Gasteiger charge is -2.10. The van der Waals surface area contributed by atoms with Crippen LogP contribution in [0, 0.1) is 0 Å². The molecular formula is C6H15NO. The highest BCUT2D eigenvalue weighted by Gasteiger charge is 1.97. The molecule has 0 heterocycles. The molecule has 0 aliphatic rings. The lowest BCUT2D eigenvalue weighted by atomic mass is 10.2. The Morgan fingerprint density at radius 2 is 1.88 bits per heavy atom. The molecule has 0 unspecified atom stereocenters. The van der Waals surface area contributed by atoms with Gasteiger partial charge in [-0.15, -0.1) is 0 Å². The predicted octanol–water partition coefficient (Wildman–Crippen LogP) is 0.714. The summed E-state index contributed by atoms with van der Waals surface area (Å²) in [6.07, 6.45) is 2.19. The van der Waals surface area contributed by atoms with Gasteiger partial charge in [0.05, 0.1) is 6.73 Å². The van der Waals surface area contributed by atoms with Crippen molar-refractivity contribution in [3.05, 3.63) is 0 Å². The van der Waals surface area contributed by atoms with Crippen molar-refractivity contribution in [3.63, 3.8) is 0 Å². The Balaban J connectivity index is 3.07. The van der Waals surface area contributed by atoms with Crippen LogP contribution in [-0.4, -0.2) is 17.9 Å². The van der Waals surface area contributed by atoms with Crippen LogP contribution in [0.2, 0.25) is 0 Å². The minimum atomic E-state index is 0.104. The Labute approximate surface area is 50.9 Å². The van der Waals surface area contributed by atoms with Crippen molar-refractivity contribution in [2.75, 3.05) is 6.73 Å². The molecular weight excluding hydrogens is 102 g/mol. The van der Waals surface area contributed by atoms with Crippen LogP contribution in [-0.2, 0) is 0 Å². The highest BCUT2D eigenvalue weighted by Crippen LogP contribution is 1.93. The monoisotopic (exact) mass is 117 g/mol. The second-order valence-electron chi connectivity index (χ2n) is 1.88. The first-order chi connectivity index (χ1) is 3.85. The fourth-order valence-electron chi connectivity index (χ4n) is 0.706. The smallest absolute Gasteiger partial charge is 0.0933 e. The van der Waals surface area contributed by atoms with Crippen LogP contribution < -0.4 is 5.32 Å². The first-order valence-corrected chi connectivity index (χ1v) is 3.19. The summed E-state index contributed by atoms with van der Waals surface area (Å²) in [4.78, 5) is 0. The van der Waals surface area contributed by atoms with E-state index in [4.69, 9.17) is 5.11 Å². The summed E-state index contributed by atoms with van der Waals surface area (Å²) < 4.78 is 0. The van der Waals surface area contributed by atoms with Crippen LogP contribution in [0.25, 0.3) is 0 Å². The Morgan fingerprint density at radius 3 is 2.00 bits per heavy atom. The Morgan fingerprint density at radius 1 is 1.38 bits per heavy atom. The van der Waals surface area contributed by atoms with Gasteiger partial charge in [0, 0.05) is 6.04 Å². The summed E-state index contributed by atoms with van der Waals surface area (Å²) in [6, 6.07) is 0.500. The number of hydrogen-bond acceptors (Lipinski definition) is 2. The van der Waals surface area contributed by atoms with Crippen LogP contribution in [0.15, 0.2) is 0 Å². The van der Waals surface area contributed by atoms with Gasteiger partial charge >= 0.3 is 0 Å². The Kier molecular flexibility index (Phi) is 5.01. The maximum absolute atomic E-state index is 8.39. The molecule has 0 aliphatic heterocycles. The van der Waals surface area contributed by atoms with E-state index in [-0.39, 0.29) is 6.73 Å². The summed E-state index contributed by atoms with van der Waals surface area (Å²) in [5.41, 5.74) is 0. The number of aliphatic hydroxyl groups is 1. The van der Waals surface area contributed by atoms with Gasteiger partial charge in [0.1, 0.15) is 0 Å². The molecule has 0 aromatic rings. The Hall–Kier alpha value is -0.0800. The molecule has 0 atom stereocenters. The minimum absolute atomic E-state index is 0.104. The molecule has 0 saturated heterocycles. The molecule has 2 nitrogen and oxygen atoms in total. The van der Waals surface area contributed by atoms with Crippen molar-refractivity contribution < 1.29 is 5.11 Å². The first kappa shape index (κ1) is 7.92. The van der Waals surface area contributed by atoms with Crippen molar-refractivity contribution in [1.29, 1.82) is 0 Å². The highest BCUT2D eigenvalue weighted by molar-refractivity contribution is 4.57. The largest absolute Gasteiger partial charge is 0.381 e. The van der Waals surface area contributed by atoms with E-state index >= 15 is 0 Å². The van der Waals surface area contributed by atoms with E-state index in [0.717, 1.165) is 12.8 Å². The third-order valence-electron chi connectivity index (χ3n) is 1.37. The molecule has 0 spiro atoms. The average molecular weight is 117 g/mol. The van der Waals surface area contributed by atoms with Crippen LogP contribution in [0.4, 0.5) is 0 Å². The molecule has 2 N–H and O–H groups in total. The van der Waals surface area contributed by atoms with Crippen LogP contribution >= 0.6 is 0 Å². The van der Waals surface area contributed by atoms with Gasteiger partial charge in [-0.1, -0.05) is 13.8 Å². The molecule has 2 heteroatoms. The second-order valence-corrected chi connectivity index (χ2v) is 1.88. The number of nitrogens with one attached hydrogen (secondary N) is 1. The summed E-state index contributed by atoms with van der Waals surface area (Å²) >= 11 is 0. The van der Waals surface area contributed by atoms with E-state index in [1.54, 1.807) is 0 Å². The van der Waals surface area contributed by atoms with Gasteiger partial charge in [-0.3, -0.25) is 5.32 Å². The zero-order valence-corrected chi connectivity index (χ0v) is 5.65. The van der Waals surface area contributed by atoms with Crippen molar-refractivity contribution in [2.45, 2.75) is 32.7 Å². The van der Waals surface area contributed by atoms with Crippen molar-refractivity contribution in [3.8, 4) is 0 Å². The summed E-state index contributed by atoms with van der Waals surface area (Å²) in [6.45, 7) is 4.32. The summed E-state index contributed by atoms with van der Waals surface area (Å²) in [5.74, 6) is 0. The normalized spacial score (nSPS) is 10.5. The second kappa shape index (κ2) is 5.06. The molecule has 0 aromatic carbocycles. The Bertz CT molecular complexity index is 43.8. The molecule has 0 saturated carbocycles. The van der Waals surface area contributed by atoms with Gasteiger partial charge in [-0.2, -0.15) is 0 Å². The SMILES string of the molecule is CCC(CC)NCO. The quantitative estimate of drug-likeness (QED) is 0.532. The summed E-state index contributed by atoms with van der Waals surface area (Å²) in [7, 11) is 0. The summed E-state index contributed by atoms with van der Waals surface area (Å²) in [5, 5.41) is 11.3. The molecule has 0 bridgehead atoms. The first-order valence-electron chi connectivity index (χ1n) is 3.19. The number of hydrogen-bond donors (Lipinski definition) is 2. The zero-order chi connectivity index (χ0) is 6.41. The van der Waals surface area contributed by atoms with E-state index in [9.17, 15) is 0 Å². The van der Waals surface area contributed by atoms with Gasteiger partial charge in [-0.25, -0.2) is 0 Å². The van der Waals surface area contributed by atoms with E-state index in [1.807, 2.05) is 0 Å². The fourth-order valence-corrected chi connectivity index (χ4v) is 0.706. The van der Waals surface area contributed by atoms with E-state index in [0.29, 0.717) is 6.04 Å². The van der Waals surface area contributed by atoms with Gasteiger partial charge < -0.3 is 5.11 Å². The van der Waals surface area contributed by atoms with Crippen molar-refractivity contribution in [2.24, 2.45) is 0 Å². The average Bonchev–Trinajstić information content (AvgIpc) is 1.83. The minimum Gasteiger partial charge on any atom is -0.381 e. The van der Waals surface area contributed by atoms with Gasteiger partial charge in [-0.05, 0) is 12.8 Å². The maximum atomic E-state index is 8.39. The molecule has 0 rings (SSSR count). The topological polar surface area (TPSA) is 32.3 Å². The highest BCUT2D eigenvalue weighted by atomic mass is 16.3. The third-order valence-corrected chi connectivity index (χ3v) is 1.37. The molecule has 0 aromatic heterocycles. The molecule has 50 valence electrons. The van der Waals surface area contributed by atoms with Crippen molar-refractivity contribution in [1.82, 2.24) is 5.32 Å². The van der Waals surface area contributed by atoms with Gasteiger partial charge in [0.25, 0.3) is 0 Å². The fraction of sp³-hybridized carbons (Fsp3) is 1.00. The third kappa shape index (κ3) is 2.99. The van der Waals surface area contributed by atoms with E-state index in [2.05, 4.69) is 19.2 Å². The van der Waals surface area contributed by atoms with Gasteiger partial charge in [0.15, 0.2) is 0 Å². The van der Waals surface area contributed by atoms with E-state index in [1.165, 1.54) is 0 Å². The van der Waals surface area contributed by atoms with E-state index < -0.39 is 0 Å². The number of rotatable bonds is 4. The lowest BCUT2D eigenvalue weighted by molar-refractivity contribution is 0.236. The molecule has 0 fully saturated rings. The predicted molar refractivity (Wildman–Crippen MR) is 34.6 cm³/mol.